The molecule has 2 aromatic carbocycles. The van der Waals surface area contributed by atoms with E-state index in [1.165, 1.54) is 33.4 Å². The lowest BCUT2D eigenvalue weighted by atomic mass is 9.38. The Labute approximate surface area is 296 Å². The highest BCUT2D eigenvalue weighted by Gasteiger charge is 2.81. The number of phenolic OH excluding ortho intramolecular Hbond substituents is 2. The molecule has 2 aliphatic rings. The molecule has 0 fully saturated rings. The summed E-state index contributed by atoms with van der Waals surface area (Å²) in [5.41, 5.74) is 9.17. The molecule has 1 spiro atoms. The Kier molecular flexibility index (Phi) is 10.8. The van der Waals surface area contributed by atoms with E-state index in [0.717, 1.165) is 68.9 Å². The van der Waals surface area contributed by atoms with Crippen molar-refractivity contribution in [3.05, 3.63) is 56.6 Å². The fourth-order valence-corrected chi connectivity index (χ4v) is 13.7. The van der Waals surface area contributed by atoms with Crippen LogP contribution in [0.3, 0.4) is 0 Å². The van der Waals surface area contributed by atoms with E-state index in [1.54, 1.807) is 0 Å². The van der Waals surface area contributed by atoms with Crippen LogP contribution in [0.15, 0.2) is 12.1 Å². The second-order valence-electron chi connectivity index (χ2n) is 17.8. The number of aryl methyl sites for hydroxylation is 2. The zero-order chi connectivity index (χ0) is 36.4. The van der Waals surface area contributed by atoms with Crippen molar-refractivity contribution in [1.82, 2.24) is 0 Å². The van der Waals surface area contributed by atoms with Gasteiger partial charge < -0.3 is 10.2 Å². The number of hydrogen-bond acceptors (Lipinski definition) is 2. The Morgan fingerprint density at radius 2 is 0.979 bits per heavy atom. The molecule has 0 aromatic heterocycles. The van der Waals surface area contributed by atoms with Crippen LogP contribution >= 0.6 is 0 Å². The smallest absolute Gasteiger partial charge is 0.121 e. The molecule has 48 heavy (non-hydrogen) atoms. The molecule has 0 amide bonds. The van der Waals surface area contributed by atoms with Gasteiger partial charge in [-0.15, -0.1) is 0 Å². The van der Waals surface area contributed by atoms with Crippen molar-refractivity contribution in [1.29, 1.82) is 0 Å². The van der Waals surface area contributed by atoms with E-state index in [0.29, 0.717) is 35.2 Å². The van der Waals surface area contributed by atoms with E-state index in [-0.39, 0.29) is 21.7 Å². The molecule has 2 N–H and O–H groups in total. The van der Waals surface area contributed by atoms with Gasteiger partial charge in [0, 0.05) is 16.2 Å². The van der Waals surface area contributed by atoms with Crippen molar-refractivity contribution in [3.63, 3.8) is 0 Å². The first-order valence-electron chi connectivity index (χ1n) is 20.1. The summed E-state index contributed by atoms with van der Waals surface area (Å²) >= 11 is 0. The molecular formula is C46H74O2. The van der Waals surface area contributed by atoms with Gasteiger partial charge >= 0.3 is 0 Å². The monoisotopic (exact) mass is 659 g/mol. The molecule has 2 aliphatic carbocycles. The maximum absolute atomic E-state index is 12.4. The Hall–Kier alpha value is -1.96. The highest BCUT2D eigenvalue weighted by molar-refractivity contribution is 5.74. The zero-order valence-electron chi connectivity index (χ0n) is 34.2. The molecule has 4 rings (SSSR count). The van der Waals surface area contributed by atoms with Crippen LogP contribution in [0.5, 0.6) is 11.5 Å². The van der Waals surface area contributed by atoms with Gasteiger partial charge in [-0.1, -0.05) is 135 Å². The van der Waals surface area contributed by atoms with Crippen molar-refractivity contribution < 1.29 is 10.2 Å². The minimum Gasteiger partial charge on any atom is -0.507 e. The summed E-state index contributed by atoms with van der Waals surface area (Å²) in [7, 11) is 0. The molecule has 270 valence electrons. The van der Waals surface area contributed by atoms with Gasteiger partial charge in [-0.2, -0.15) is 0 Å². The van der Waals surface area contributed by atoms with Crippen LogP contribution in [-0.4, -0.2) is 10.2 Å². The maximum Gasteiger partial charge on any atom is 0.121 e. The van der Waals surface area contributed by atoms with Crippen molar-refractivity contribution in [2.45, 2.75) is 185 Å². The lowest BCUT2D eigenvalue weighted by Gasteiger charge is -2.64. The van der Waals surface area contributed by atoms with Gasteiger partial charge in [-0.25, -0.2) is 0 Å². The van der Waals surface area contributed by atoms with Crippen LogP contribution < -0.4 is 0 Å². The maximum atomic E-state index is 12.4. The van der Waals surface area contributed by atoms with Crippen LogP contribution in [0.25, 0.3) is 0 Å². The molecule has 2 aromatic rings. The normalized spacial score (nSPS) is 28.8. The van der Waals surface area contributed by atoms with Gasteiger partial charge in [0.1, 0.15) is 11.5 Å². The minimum atomic E-state index is -0.427. The molecule has 0 radical (unpaired) electrons. The Bertz CT molecular complexity index is 1470. The number of hydrogen-bond donors (Lipinski definition) is 2. The summed E-state index contributed by atoms with van der Waals surface area (Å²) in [6.07, 6.45) is 9.27. The average Bonchev–Trinajstić information content (AvgIpc) is 3.35. The fourth-order valence-electron chi connectivity index (χ4n) is 13.7. The molecule has 0 saturated heterocycles. The summed E-state index contributed by atoms with van der Waals surface area (Å²) < 4.78 is 0. The van der Waals surface area contributed by atoms with E-state index in [4.69, 9.17) is 0 Å². The number of benzene rings is 2. The van der Waals surface area contributed by atoms with Crippen LogP contribution in [0.1, 0.15) is 186 Å². The van der Waals surface area contributed by atoms with Crippen molar-refractivity contribution in [3.8, 4) is 11.5 Å². The molecular weight excluding hydrogens is 585 g/mol. The van der Waals surface area contributed by atoms with Crippen LogP contribution in [0, 0.1) is 48.3 Å². The van der Waals surface area contributed by atoms with E-state index < -0.39 is 5.41 Å². The van der Waals surface area contributed by atoms with Crippen LogP contribution in [-0.2, 0) is 29.1 Å². The molecule has 0 aliphatic heterocycles. The van der Waals surface area contributed by atoms with E-state index in [9.17, 15) is 10.2 Å². The van der Waals surface area contributed by atoms with Crippen molar-refractivity contribution in [2.75, 3.05) is 0 Å². The summed E-state index contributed by atoms with van der Waals surface area (Å²) in [5, 5.41) is 24.7. The summed E-state index contributed by atoms with van der Waals surface area (Å²) in [5.74, 6) is 2.64. The third kappa shape index (κ3) is 4.34. The SMILES string of the molecule is CCCCc1c(O)c(C)cc2c1C1(c3c(cc(C)c(O)c3CCCC)C(C(C)C)(C(C)CC)C1(C)CC)C(C)(C)C2(C(C)C)C(C)CC. The largest absolute Gasteiger partial charge is 0.507 e. The van der Waals surface area contributed by atoms with Gasteiger partial charge in [-0.3, -0.25) is 0 Å². The van der Waals surface area contributed by atoms with Crippen LogP contribution in [0.4, 0.5) is 0 Å². The Balaban J connectivity index is 2.55. The first-order valence-corrected chi connectivity index (χ1v) is 20.1. The first kappa shape index (κ1) is 38.8. The zero-order valence-corrected chi connectivity index (χ0v) is 34.2. The van der Waals surface area contributed by atoms with Gasteiger partial charge in [0.15, 0.2) is 0 Å². The predicted molar refractivity (Wildman–Crippen MR) is 208 cm³/mol. The third-order valence-corrected chi connectivity index (χ3v) is 15.4. The molecule has 6 atom stereocenters. The Morgan fingerprint density at radius 3 is 1.31 bits per heavy atom. The molecule has 6 unspecified atom stereocenters. The number of unbranched alkanes of at least 4 members (excludes halogenated alkanes) is 2. The minimum absolute atomic E-state index is 0.134. The summed E-state index contributed by atoms with van der Waals surface area (Å²) in [6.45, 7) is 39.1. The highest BCUT2D eigenvalue weighted by atomic mass is 16.3. The fraction of sp³-hybridized carbons (Fsp3) is 0.739. The van der Waals surface area contributed by atoms with Gasteiger partial charge in [0.05, 0.1) is 0 Å². The molecule has 0 bridgehead atoms. The van der Waals surface area contributed by atoms with Crippen molar-refractivity contribution in [2.24, 2.45) is 34.5 Å². The second kappa shape index (κ2) is 13.3. The lowest BCUT2D eigenvalue weighted by Crippen LogP contribution is -2.64. The number of phenols is 2. The predicted octanol–water partition coefficient (Wildman–Crippen LogP) is 13.0. The quantitative estimate of drug-likeness (QED) is 0.225. The first-order chi connectivity index (χ1) is 22.4. The van der Waals surface area contributed by atoms with Crippen LogP contribution in [0.2, 0.25) is 0 Å². The van der Waals surface area contributed by atoms with Gasteiger partial charge in [0.25, 0.3) is 0 Å². The number of aromatic hydroxyl groups is 2. The lowest BCUT2D eigenvalue weighted by molar-refractivity contribution is -0.0849. The average molecular weight is 659 g/mol. The van der Waals surface area contributed by atoms with E-state index >= 15 is 0 Å². The van der Waals surface area contributed by atoms with Crippen molar-refractivity contribution >= 4 is 0 Å². The highest BCUT2D eigenvalue weighted by Crippen LogP contribution is 2.83. The molecule has 2 nitrogen and oxygen atoms in total. The second-order valence-corrected chi connectivity index (χ2v) is 17.8. The molecule has 2 heteroatoms. The standard InChI is InChI=1S/C46H74O2/c1-17-22-24-34-38-36(26-30(10)40(34)47)44(28(6)7,32(12)19-3)42(14,15)46(38)39-35(25-23-18-2)41(48)31(11)27-37(39)45(29(8)9,33(13)20-4)43(46,16)21-5/h26-29,32-33,47-48H,17-25H2,1-16H3. The number of rotatable bonds is 13. The van der Waals surface area contributed by atoms with Gasteiger partial charge in [-0.05, 0) is 125 Å². The van der Waals surface area contributed by atoms with E-state index in [2.05, 4.69) is 123 Å². The van der Waals surface area contributed by atoms with E-state index in [1.807, 2.05) is 0 Å². The summed E-state index contributed by atoms with van der Waals surface area (Å²) in [4.78, 5) is 0. The topological polar surface area (TPSA) is 40.5 Å². The molecule has 0 heterocycles. The Morgan fingerprint density at radius 1 is 0.604 bits per heavy atom. The summed E-state index contributed by atoms with van der Waals surface area (Å²) in [6, 6.07) is 4.89. The van der Waals surface area contributed by atoms with Gasteiger partial charge in [0.2, 0.25) is 0 Å². The number of fused-ring (bicyclic) bond motifs is 4. The molecule has 0 saturated carbocycles. The third-order valence-electron chi connectivity index (χ3n) is 15.4.